The average Bonchev–Trinajstić information content (AvgIpc) is 2.48. The van der Waals surface area contributed by atoms with Crippen LogP contribution in [0.25, 0.3) is 0 Å². The van der Waals surface area contributed by atoms with E-state index < -0.39 is 0 Å². The summed E-state index contributed by atoms with van der Waals surface area (Å²) in [6, 6.07) is 6.80. The van der Waals surface area contributed by atoms with E-state index in [1.54, 1.807) is 50.9 Å². The molecule has 0 aromatic carbocycles. The average molecular weight is 260 g/mol. The maximum Gasteiger partial charge on any atom is 0.576 e. The molecule has 0 unspecified atom stereocenters. The highest BCUT2D eigenvalue weighted by molar-refractivity contribution is 6.20. The lowest BCUT2D eigenvalue weighted by Crippen LogP contribution is -2.11. The van der Waals surface area contributed by atoms with Gasteiger partial charge in [0.2, 0.25) is 11.8 Å². The van der Waals surface area contributed by atoms with Gasteiger partial charge in [-0.05, 0) is 12.1 Å². The number of pyridine rings is 2. The van der Waals surface area contributed by atoms with Crippen LogP contribution in [0.2, 0.25) is 0 Å². The Morgan fingerprint density at radius 2 is 1.32 bits per heavy atom. The quantitative estimate of drug-likeness (QED) is 0.727. The van der Waals surface area contributed by atoms with Crippen LogP contribution >= 0.6 is 0 Å². The van der Waals surface area contributed by atoms with Gasteiger partial charge in [-0.2, -0.15) is 0 Å². The Morgan fingerprint density at radius 1 is 0.842 bits per heavy atom. The van der Waals surface area contributed by atoms with Gasteiger partial charge in [0.25, 0.3) is 0 Å². The molecule has 98 valence electrons. The summed E-state index contributed by atoms with van der Waals surface area (Å²) in [5.74, 6) is 2.21. The first-order valence-electron chi connectivity index (χ1n) is 5.57. The van der Waals surface area contributed by atoms with Crippen LogP contribution in [-0.4, -0.2) is 31.9 Å². The zero-order valence-electron chi connectivity index (χ0n) is 10.7. The lowest BCUT2D eigenvalue weighted by atomic mass is 10.3. The highest BCUT2D eigenvalue weighted by Gasteiger charge is 2.03. The molecule has 0 saturated carbocycles. The molecule has 2 rings (SSSR count). The Labute approximate surface area is 111 Å². The maximum absolute atomic E-state index is 5.42. The van der Waals surface area contributed by atoms with Gasteiger partial charge in [0.05, 0.1) is 14.2 Å². The minimum atomic E-state index is 0.0698. The first-order chi connectivity index (χ1) is 9.31. The molecule has 0 aliphatic heterocycles. The molecule has 0 aliphatic carbocycles. The van der Waals surface area contributed by atoms with Crippen molar-refractivity contribution in [2.45, 2.75) is 0 Å². The zero-order chi connectivity index (χ0) is 13.5. The summed E-state index contributed by atoms with van der Waals surface area (Å²) in [5, 5.41) is 0. The van der Waals surface area contributed by atoms with Gasteiger partial charge in [0.15, 0.2) is 0 Å². The van der Waals surface area contributed by atoms with Crippen molar-refractivity contribution in [3.63, 3.8) is 0 Å². The summed E-state index contributed by atoms with van der Waals surface area (Å²) in [7, 11) is 3.16. The highest BCUT2D eigenvalue weighted by Crippen LogP contribution is 2.17. The van der Waals surface area contributed by atoms with E-state index >= 15 is 0 Å². The molecular weight excluding hydrogens is 247 g/mol. The SMILES string of the molecule is COc1cc(OBOc2ccnc(OC)c2)ccn1. The van der Waals surface area contributed by atoms with Crippen LogP contribution in [0.15, 0.2) is 36.7 Å². The zero-order valence-corrected chi connectivity index (χ0v) is 10.7. The first-order valence-corrected chi connectivity index (χ1v) is 5.57. The van der Waals surface area contributed by atoms with Crippen LogP contribution in [0.4, 0.5) is 0 Å². The van der Waals surface area contributed by atoms with Crippen LogP contribution in [0, 0.1) is 0 Å². The standard InChI is InChI=1S/C12H13BN2O4/c1-16-11-7-9(3-5-14-11)18-13-19-10-4-6-15-12(8-10)17-2/h3-8,13H,1-2H3. The molecule has 6 nitrogen and oxygen atoms in total. The Balaban J connectivity index is 1.88. The summed E-state index contributed by atoms with van der Waals surface area (Å²) in [4.78, 5) is 7.96. The van der Waals surface area contributed by atoms with Gasteiger partial charge in [-0.3, -0.25) is 0 Å². The number of aromatic nitrogens is 2. The minimum Gasteiger partial charge on any atom is -0.528 e. The number of hydrogen-bond acceptors (Lipinski definition) is 6. The smallest absolute Gasteiger partial charge is 0.528 e. The summed E-state index contributed by atoms with van der Waals surface area (Å²) in [6.07, 6.45) is 3.20. The van der Waals surface area contributed by atoms with Crippen molar-refractivity contribution in [3.05, 3.63) is 36.7 Å². The summed E-state index contributed by atoms with van der Waals surface area (Å²) < 4.78 is 20.8. The van der Waals surface area contributed by atoms with Crippen molar-refractivity contribution < 1.29 is 18.8 Å². The summed E-state index contributed by atoms with van der Waals surface area (Å²) in [5.41, 5.74) is 0. The molecule has 0 bridgehead atoms. The Bertz CT molecular complexity index is 491. The monoisotopic (exact) mass is 260 g/mol. The molecule has 0 saturated heterocycles. The molecule has 0 N–H and O–H groups in total. The van der Waals surface area contributed by atoms with Gasteiger partial charge in [-0.1, -0.05) is 0 Å². The van der Waals surface area contributed by atoms with Crippen LogP contribution in [-0.2, 0) is 0 Å². The second-order valence-electron chi connectivity index (χ2n) is 3.47. The van der Waals surface area contributed by atoms with E-state index in [0.717, 1.165) is 0 Å². The van der Waals surface area contributed by atoms with Crippen molar-refractivity contribution >= 4 is 7.69 Å². The molecular formula is C12H13BN2O4. The third kappa shape index (κ3) is 3.77. The van der Waals surface area contributed by atoms with Crippen molar-refractivity contribution in [2.24, 2.45) is 0 Å². The maximum atomic E-state index is 5.42. The number of ether oxygens (including phenoxy) is 2. The molecule has 0 atom stereocenters. The van der Waals surface area contributed by atoms with Gasteiger partial charge in [-0.15, -0.1) is 0 Å². The van der Waals surface area contributed by atoms with E-state index in [0.29, 0.717) is 23.3 Å². The van der Waals surface area contributed by atoms with Gasteiger partial charge in [0, 0.05) is 24.5 Å². The summed E-state index contributed by atoms with van der Waals surface area (Å²) in [6.45, 7) is 0. The van der Waals surface area contributed by atoms with Gasteiger partial charge in [-0.25, -0.2) is 9.97 Å². The predicted molar refractivity (Wildman–Crippen MR) is 70.0 cm³/mol. The van der Waals surface area contributed by atoms with Gasteiger partial charge in [0.1, 0.15) is 11.5 Å². The van der Waals surface area contributed by atoms with Crippen molar-refractivity contribution in [2.75, 3.05) is 14.2 Å². The molecule has 2 aromatic heterocycles. The Morgan fingerprint density at radius 3 is 1.74 bits per heavy atom. The van der Waals surface area contributed by atoms with Crippen molar-refractivity contribution in [3.8, 4) is 23.3 Å². The van der Waals surface area contributed by atoms with Crippen molar-refractivity contribution in [1.82, 2.24) is 9.97 Å². The normalized spacial score (nSPS) is 9.58. The van der Waals surface area contributed by atoms with Crippen LogP contribution in [0.5, 0.6) is 23.3 Å². The van der Waals surface area contributed by atoms with Gasteiger partial charge >= 0.3 is 7.69 Å². The minimum absolute atomic E-state index is 0.0698. The summed E-state index contributed by atoms with van der Waals surface area (Å²) >= 11 is 0. The van der Waals surface area contributed by atoms with E-state index in [-0.39, 0.29) is 7.69 Å². The van der Waals surface area contributed by atoms with Crippen molar-refractivity contribution in [1.29, 1.82) is 0 Å². The van der Waals surface area contributed by atoms with Crippen LogP contribution in [0.3, 0.4) is 0 Å². The fourth-order valence-corrected chi connectivity index (χ4v) is 1.35. The van der Waals surface area contributed by atoms with Gasteiger partial charge < -0.3 is 18.8 Å². The van der Waals surface area contributed by atoms with Crippen LogP contribution in [0.1, 0.15) is 0 Å². The highest BCUT2D eigenvalue weighted by atomic mass is 16.6. The third-order valence-corrected chi connectivity index (χ3v) is 2.28. The predicted octanol–water partition coefficient (Wildman–Crippen LogP) is 1.22. The molecule has 0 aliphatic rings. The number of nitrogens with zero attached hydrogens (tertiary/aromatic N) is 2. The lowest BCUT2D eigenvalue weighted by Gasteiger charge is -2.08. The second-order valence-corrected chi connectivity index (χ2v) is 3.47. The number of rotatable bonds is 6. The molecule has 7 heteroatoms. The largest absolute Gasteiger partial charge is 0.576 e. The van der Waals surface area contributed by atoms with Crippen LogP contribution < -0.4 is 18.8 Å². The van der Waals surface area contributed by atoms with E-state index in [1.807, 2.05) is 0 Å². The molecule has 19 heavy (non-hydrogen) atoms. The molecule has 0 spiro atoms. The van der Waals surface area contributed by atoms with E-state index in [4.69, 9.17) is 18.8 Å². The molecule has 0 fully saturated rings. The second kappa shape index (κ2) is 6.48. The lowest BCUT2D eigenvalue weighted by molar-refractivity contribution is 0.390. The Kier molecular flexibility index (Phi) is 4.44. The molecule has 2 heterocycles. The van der Waals surface area contributed by atoms with E-state index in [2.05, 4.69) is 9.97 Å². The first kappa shape index (κ1) is 13.0. The van der Waals surface area contributed by atoms with E-state index in [1.165, 1.54) is 0 Å². The molecule has 0 radical (unpaired) electrons. The Hall–Kier alpha value is -2.44. The fourth-order valence-electron chi connectivity index (χ4n) is 1.35. The fraction of sp³-hybridized carbons (Fsp3) is 0.167. The van der Waals surface area contributed by atoms with E-state index in [9.17, 15) is 0 Å². The number of methoxy groups -OCH3 is 2. The third-order valence-electron chi connectivity index (χ3n) is 2.28. The molecule has 0 amide bonds. The topological polar surface area (TPSA) is 62.7 Å². The number of hydrogen-bond donors (Lipinski definition) is 0. The molecule has 2 aromatic rings.